The summed E-state index contributed by atoms with van der Waals surface area (Å²) in [5, 5.41) is 17.2. The Balaban J connectivity index is 2.13. The minimum Gasteiger partial charge on any atom is -0.382 e. The molecule has 1 saturated heterocycles. The first-order valence-corrected chi connectivity index (χ1v) is 7.14. The Labute approximate surface area is 110 Å². The molecule has 0 radical (unpaired) electrons. The molecule has 0 aromatic heterocycles. The van der Waals surface area contributed by atoms with Gasteiger partial charge in [-0.3, -0.25) is 10.1 Å². The van der Waals surface area contributed by atoms with E-state index in [2.05, 4.69) is 10.6 Å². The Bertz CT molecular complexity index is 433. The van der Waals surface area contributed by atoms with Crippen LogP contribution in [0.2, 0.25) is 0 Å². The van der Waals surface area contributed by atoms with Gasteiger partial charge in [-0.15, -0.1) is 0 Å². The molecular weight excluding hydrogens is 250 g/mol. The van der Waals surface area contributed by atoms with Crippen LogP contribution in [-0.4, -0.2) is 30.0 Å². The van der Waals surface area contributed by atoms with Crippen molar-refractivity contribution < 1.29 is 4.92 Å². The highest BCUT2D eigenvalue weighted by Crippen LogP contribution is 2.33. The summed E-state index contributed by atoms with van der Waals surface area (Å²) in [6, 6.07) is 5.31. The van der Waals surface area contributed by atoms with E-state index < -0.39 is 0 Å². The Morgan fingerprint density at radius 3 is 2.89 bits per heavy atom. The summed E-state index contributed by atoms with van der Waals surface area (Å²) in [6.07, 6.45) is 1.19. The third-order valence-corrected chi connectivity index (χ3v) is 4.32. The zero-order valence-corrected chi connectivity index (χ0v) is 11.1. The number of hydrogen-bond donors (Lipinski definition) is 2. The number of nitro groups is 1. The van der Waals surface area contributed by atoms with Crippen molar-refractivity contribution in [1.82, 2.24) is 0 Å². The van der Waals surface area contributed by atoms with E-state index in [0.717, 1.165) is 12.3 Å². The van der Waals surface area contributed by atoms with Gasteiger partial charge in [-0.1, -0.05) is 6.07 Å². The van der Waals surface area contributed by atoms with Crippen LogP contribution in [0, 0.1) is 16.0 Å². The van der Waals surface area contributed by atoms with Crippen LogP contribution in [0.4, 0.5) is 17.1 Å². The molecular formula is C12H17N3O2S. The Kier molecular flexibility index (Phi) is 4.30. The first-order chi connectivity index (χ1) is 8.72. The summed E-state index contributed by atoms with van der Waals surface area (Å²) >= 11 is 1.95. The van der Waals surface area contributed by atoms with Crippen molar-refractivity contribution in [3.63, 3.8) is 0 Å². The number of nitro benzene ring substituents is 1. The molecule has 0 spiro atoms. The van der Waals surface area contributed by atoms with Crippen LogP contribution in [0.3, 0.4) is 0 Å². The molecule has 1 aromatic carbocycles. The number of hydrogen-bond acceptors (Lipinski definition) is 5. The predicted octanol–water partition coefficient (Wildman–Crippen LogP) is 2.80. The van der Waals surface area contributed by atoms with Gasteiger partial charge < -0.3 is 10.6 Å². The molecule has 1 unspecified atom stereocenters. The zero-order chi connectivity index (χ0) is 13.0. The summed E-state index contributed by atoms with van der Waals surface area (Å²) in [7, 11) is 1.69. The lowest BCUT2D eigenvalue weighted by atomic mass is 10.1. The highest BCUT2D eigenvalue weighted by Gasteiger charge is 2.20. The van der Waals surface area contributed by atoms with E-state index in [9.17, 15) is 10.1 Å². The maximum Gasteiger partial charge on any atom is 0.315 e. The Morgan fingerprint density at radius 1 is 1.50 bits per heavy atom. The van der Waals surface area contributed by atoms with E-state index in [-0.39, 0.29) is 10.6 Å². The number of benzene rings is 1. The third-order valence-electron chi connectivity index (χ3n) is 3.09. The quantitative estimate of drug-likeness (QED) is 0.634. The number of anilines is 2. The molecule has 1 heterocycles. The van der Waals surface area contributed by atoms with Gasteiger partial charge in [0.2, 0.25) is 0 Å². The molecule has 5 nitrogen and oxygen atoms in total. The summed E-state index contributed by atoms with van der Waals surface area (Å²) in [5.41, 5.74) is 1.28. The maximum absolute atomic E-state index is 11.1. The maximum atomic E-state index is 11.1. The van der Waals surface area contributed by atoms with E-state index in [1.54, 1.807) is 19.2 Å². The smallest absolute Gasteiger partial charge is 0.315 e. The highest BCUT2D eigenvalue weighted by atomic mass is 32.2. The molecule has 0 aliphatic carbocycles. The molecule has 0 saturated carbocycles. The van der Waals surface area contributed by atoms with Gasteiger partial charge in [-0.25, -0.2) is 0 Å². The number of rotatable bonds is 5. The highest BCUT2D eigenvalue weighted by molar-refractivity contribution is 7.99. The molecule has 2 N–H and O–H groups in total. The largest absolute Gasteiger partial charge is 0.382 e. The van der Waals surface area contributed by atoms with E-state index in [4.69, 9.17) is 0 Å². The first-order valence-electron chi connectivity index (χ1n) is 5.99. The normalized spacial score (nSPS) is 18.6. The fraction of sp³-hybridized carbons (Fsp3) is 0.500. The van der Waals surface area contributed by atoms with Crippen LogP contribution in [0.1, 0.15) is 6.42 Å². The monoisotopic (exact) mass is 267 g/mol. The first kappa shape index (κ1) is 13.0. The molecule has 1 aliphatic rings. The predicted molar refractivity (Wildman–Crippen MR) is 76.6 cm³/mol. The van der Waals surface area contributed by atoms with Gasteiger partial charge in [-0.05, 0) is 36.0 Å². The van der Waals surface area contributed by atoms with Crippen molar-refractivity contribution >= 4 is 28.8 Å². The summed E-state index contributed by atoms with van der Waals surface area (Å²) in [5.74, 6) is 2.96. The topological polar surface area (TPSA) is 67.2 Å². The van der Waals surface area contributed by atoms with Crippen LogP contribution >= 0.6 is 11.8 Å². The van der Waals surface area contributed by atoms with Gasteiger partial charge in [-0.2, -0.15) is 11.8 Å². The van der Waals surface area contributed by atoms with Crippen molar-refractivity contribution in [2.45, 2.75) is 6.42 Å². The van der Waals surface area contributed by atoms with Crippen LogP contribution in [0.5, 0.6) is 0 Å². The standard InChI is InChI=1S/C12H17N3O2S/c1-13-10-3-2-4-11(12(10)15(16)17)14-7-9-5-6-18-8-9/h2-4,9,13-14H,5-8H2,1H3. The van der Waals surface area contributed by atoms with Crippen LogP contribution in [0.25, 0.3) is 0 Å². The molecule has 18 heavy (non-hydrogen) atoms. The molecule has 6 heteroatoms. The lowest BCUT2D eigenvalue weighted by molar-refractivity contribution is -0.383. The van der Waals surface area contributed by atoms with E-state index in [1.165, 1.54) is 12.2 Å². The molecule has 0 bridgehead atoms. The second-order valence-electron chi connectivity index (χ2n) is 4.32. The average Bonchev–Trinajstić information content (AvgIpc) is 2.88. The fourth-order valence-corrected chi connectivity index (χ4v) is 3.37. The van der Waals surface area contributed by atoms with Crippen molar-refractivity contribution in [3.8, 4) is 0 Å². The van der Waals surface area contributed by atoms with Crippen LogP contribution in [0.15, 0.2) is 18.2 Å². The van der Waals surface area contributed by atoms with Crippen molar-refractivity contribution in [2.75, 3.05) is 35.7 Å². The Morgan fingerprint density at radius 2 is 2.28 bits per heavy atom. The summed E-state index contributed by atoms with van der Waals surface area (Å²) in [6.45, 7) is 0.807. The molecule has 98 valence electrons. The summed E-state index contributed by atoms with van der Waals surface area (Å²) < 4.78 is 0. The Hall–Kier alpha value is -1.43. The van der Waals surface area contributed by atoms with Gasteiger partial charge in [0.25, 0.3) is 0 Å². The number of nitrogens with zero attached hydrogens (tertiary/aromatic N) is 1. The number of nitrogens with one attached hydrogen (secondary N) is 2. The van der Waals surface area contributed by atoms with Gasteiger partial charge >= 0.3 is 5.69 Å². The van der Waals surface area contributed by atoms with Crippen LogP contribution in [-0.2, 0) is 0 Å². The van der Waals surface area contributed by atoms with E-state index in [0.29, 0.717) is 17.3 Å². The minimum atomic E-state index is -0.336. The number of thioether (sulfide) groups is 1. The molecule has 0 amide bonds. The van der Waals surface area contributed by atoms with Gasteiger partial charge in [0.15, 0.2) is 0 Å². The molecule has 1 aromatic rings. The fourth-order valence-electron chi connectivity index (χ4n) is 2.08. The SMILES string of the molecule is CNc1cccc(NCC2CCSC2)c1[N+](=O)[O-]. The van der Waals surface area contributed by atoms with E-state index >= 15 is 0 Å². The van der Waals surface area contributed by atoms with Crippen LogP contribution < -0.4 is 10.6 Å². The van der Waals surface area contributed by atoms with Gasteiger partial charge in [0.1, 0.15) is 11.4 Å². The van der Waals surface area contributed by atoms with E-state index in [1.807, 2.05) is 17.8 Å². The number of para-hydroxylation sites is 1. The molecule has 2 rings (SSSR count). The molecule has 1 aliphatic heterocycles. The third kappa shape index (κ3) is 2.87. The second-order valence-corrected chi connectivity index (χ2v) is 5.47. The van der Waals surface area contributed by atoms with Crippen molar-refractivity contribution in [3.05, 3.63) is 28.3 Å². The molecule has 1 atom stereocenters. The minimum absolute atomic E-state index is 0.130. The lowest BCUT2D eigenvalue weighted by Crippen LogP contribution is -2.14. The average molecular weight is 267 g/mol. The summed E-state index contributed by atoms with van der Waals surface area (Å²) in [4.78, 5) is 10.8. The van der Waals surface area contributed by atoms with Crippen molar-refractivity contribution in [2.24, 2.45) is 5.92 Å². The zero-order valence-electron chi connectivity index (χ0n) is 10.3. The molecule has 1 fully saturated rings. The van der Waals surface area contributed by atoms with Crippen molar-refractivity contribution in [1.29, 1.82) is 0 Å². The van der Waals surface area contributed by atoms with Gasteiger partial charge in [0.05, 0.1) is 4.92 Å². The van der Waals surface area contributed by atoms with Gasteiger partial charge in [0, 0.05) is 13.6 Å². The second kappa shape index (κ2) is 5.95. The lowest BCUT2D eigenvalue weighted by Gasteiger charge is -2.13.